The van der Waals surface area contributed by atoms with Crippen LogP contribution in [0.15, 0.2) is 35.9 Å². The van der Waals surface area contributed by atoms with Gasteiger partial charge in [0.2, 0.25) is 0 Å². The van der Waals surface area contributed by atoms with Crippen LogP contribution >= 0.6 is 0 Å². The van der Waals surface area contributed by atoms with Gasteiger partial charge in [-0.1, -0.05) is 37.1 Å². The number of rotatable bonds is 4. The van der Waals surface area contributed by atoms with Crippen molar-refractivity contribution < 1.29 is 0 Å². The molecule has 1 aromatic carbocycles. The molecule has 1 aliphatic carbocycles. The van der Waals surface area contributed by atoms with E-state index in [-0.39, 0.29) is 6.04 Å². The van der Waals surface area contributed by atoms with Crippen LogP contribution in [0.25, 0.3) is 11.0 Å². The second-order valence-electron chi connectivity index (χ2n) is 6.08. The van der Waals surface area contributed by atoms with Crippen molar-refractivity contribution in [3.63, 3.8) is 0 Å². The van der Waals surface area contributed by atoms with Crippen LogP contribution in [0.1, 0.15) is 44.9 Å². The summed E-state index contributed by atoms with van der Waals surface area (Å²) in [6.07, 6.45) is 9.15. The smallest absolute Gasteiger partial charge is 0.113 e. The molecular formula is C18H25N3. The predicted octanol–water partition coefficient (Wildman–Crippen LogP) is 3.82. The Bertz CT molecular complexity index is 639. The van der Waals surface area contributed by atoms with Gasteiger partial charge in [-0.2, -0.15) is 0 Å². The summed E-state index contributed by atoms with van der Waals surface area (Å²) in [5, 5.41) is 0. The highest BCUT2D eigenvalue weighted by Crippen LogP contribution is 2.23. The van der Waals surface area contributed by atoms with E-state index in [0.29, 0.717) is 0 Å². The molecule has 1 aliphatic rings. The first kappa shape index (κ1) is 14.3. The highest BCUT2D eigenvalue weighted by molar-refractivity contribution is 5.76. The van der Waals surface area contributed by atoms with Gasteiger partial charge in [0.05, 0.1) is 11.0 Å². The highest BCUT2D eigenvalue weighted by atomic mass is 15.1. The molecule has 2 N–H and O–H groups in total. The molecule has 0 bridgehead atoms. The number of aryl methyl sites for hydroxylation is 1. The van der Waals surface area contributed by atoms with E-state index in [2.05, 4.69) is 41.8 Å². The van der Waals surface area contributed by atoms with Crippen molar-refractivity contribution in [3.05, 3.63) is 41.7 Å². The molecule has 1 aromatic heterocycles. The molecule has 1 unspecified atom stereocenters. The summed E-state index contributed by atoms with van der Waals surface area (Å²) in [5.74, 6) is 1.19. The van der Waals surface area contributed by atoms with Crippen molar-refractivity contribution in [1.82, 2.24) is 9.55 Å². The molecule has 0 fully saturated rings. The molecule has 1 atom stereocenters. The maximum absolute atomic E-state index is 6.15. The van der Waals surface area contributed by atoms with Crippen LogP contribution in [-0.4, -0.2) is 15.6 Å². The lowest BCUT2D eigenvalue weighted by Gasteiger charge is -2.10. The minimum absolute atomic E-state index is 0.228. The monoisotopic (exact) mass is 283 g/mol. The molecule has 3 rings (SSSR count). The van der Waals surface area contributed by atoms with Crippen LogP contribution in [-0.2, 0) is 13.0 Å². The molecule has 0 radical (unpaired) electrons. The number of imidazole rings is 1. The zero-order valence-electron chi connectivity index (χ0n) is 12.9. The zero-order valence-corrected chi connectivity index (χ0v) is 12.9. The fourth-order valence-corrected chi connectivity index (χ4v) is 3.29. The first-order valence-corrected chi connectivity index (χ1v) is 8.17. The maximum Gasteiger partial charge on any atom is 0.113 e. The number of nitrogens with zero attached hydrogens (tertiary/aromatic N) is 2. The van der Waals surface area contributed by atoms with Crippen molar-refractivity contribution in [2.75, 3.05) is 0 Å². The number of fused-ring (bicyclic) bond motifs is 1. The zero-order chi connectivity index (χ0) is 14.7. The Hall–Kier alpha value is -1.61. The van der Waals surface area contributed by atoms with E-state index in [0.717, 1.165) is 31.3 Å². The Labute approximate surface area is 126 Å². The summed E-state index contributed by atoms with van der Waals surface area (Å²) in [7, 11) is 0. The second-order valence-corrected chi connectivity index (χ2v) is 6.08. The average molecular weight is 283 g/mol. The van der Waals surface area contributed by atoms with Gasteiger partial charge in [-0.25, -0.2) is 4.98 Å². The lowest BCUT2D eigenvalue weighted by molar-refractivity contribution is 0.646. The van der Waals surface area contributed by atoms with Gasteiger partial charge in [0.15, 0.2) is 0 Å². The van der Waals surface area contributed by atoms with E-state index in [9.17, 15) is 0 Å². The number of nitrogens with two attached hydrogens (primary N) is 1. The number of aromatic nitrogens is 2. The van der Waals surface area contributed by atoms with Crippen molar-refractivity contribution >= 4 is 11.0 Å². The van der Waals surface area contributed by atoms with Crippen LogP contribution in [0.2, 0.25) is 0 Å². The molecule has 1 heterocycles. The topological polar surface area (TPSA) is 43.8 Å². The first-order chi connectivity index (χ1) is 10.3. The lowest BCUT2D eigenvalue weighted by Crippen LogP contribution is -2.16. The summed E-state index contributed by atoms with van der Waals surface area (Å²) < 4.78 is 2.38. The number of benzene rings is 1. The van der Waals surface area contributed by atoms with Crippen molar-refractivity contribution in [2.45, 2.75) is 58.0 Å². The molecule has 21 heavy (non-hydrogen) atoms. The third-order valence-electron chi connectivity index (χ3n) is 4.30. The fraction of sp³-hybridized carbons (Fsp3) is 0.500. The summed E-state index contributed by atoms with van der Waals surface area (Å²) in [5.41, 5.74) is 9.98. The highest BCUT2D eigenvalue weighted by Gasteiger charge is 2.14. The van der Waals surface area contributed by atoms with Crippen molar-refractivity contribution in [2.24, 2.45) is 5.73 Å². The summed E-state index contributed by atoms with van der Waals surface area (Å²) in [4.78, 5) is 4.86. The molecule has 0 saturated heterocycles. The third-order valence-corrected chi connectivity index (χ3v) is 4.30. The van der Waals surface area contributed by atoms with Gasteiger partial charge in [0, 0.05) is 19.0 Å². The Morgan fingerprint density at radius 3 is 3.00 bits per heavy atom. The maximum atomic E-state index is 6.15. The van der Waals surface area contributed by atoms with Gasteiger partial charge in [0.1, 0.15) is 5.82 Å². The molecule has 2 aromatic rings. The van der Waals surface area contributed by atoms with Crippen molar-refractivity contribution in [1.29, 1.82) is 0 Å². The van der Waals surface area contributed by atoms with Crippen molar-refractivity contribution in [3.8, 4) is 0 Å². The largest absolute Gasteiger partial charge is 0.328 e. The normalized spacial score (nSPS) is 19.5. The molecule has 3 nitrogen and oxygen atoms in total. The molecule has 112 valence electrons. The molecule has 3 heteroatoms. The third kappa shape index (κ3) is 3.18. The van der Waals surface area contributed by atoms with Gasteiger partial charge in [-0.15, -0.1) is 0 Å². The standard InChI is InChI=1S/C18H25N3/c1-2-11-21-17-10-6-5-9-16(17)20-18(21)13-14-7-3-4-8-15(19)12-14/h5-6,9-10,12,15H,2-4,7-8,11,13,19H2,1H3. The van der Waals surface area contributed by atoms with Gasteiger partial charge >= 0.3 is 0 Å². The van der Waals surface area contributed by atoms with Crippen LogP contribution < -0.4 is 5.73 Å². The van der Waals surface area contributed by atoms with Crippen LogP contribution in [0, 0.1) is 0 Å². The summed E-state index contributed by atoms with van der Waals surface area (Å²) in [6, 6.07) is 8.68. The van der Waals surface area contributed by atoms with E-state index < -0.39 is 0 Å². The molecule has 0 saturated carbocycles. The minimum atomic E-state index is 0.228. The van der Waals surface area contributed by atoms with Gasteiger partial charge in [-0.05, 0) is 37.8 Å². The van der Waals surface area contributed by atoms with E-state index in [4.69, 9.17) is 10.7 Å². The summed E-state index contributed by atoms with van der Waals surface area (Å²) >= 11 is 0. The second kappa shape index (κ2) is 6.44. The van der Waals surface area contributed by atoms with E-state index in [1.165, 1.54) is 36.2 Å². The Balaban J connectivity index is 1.93. The Morgan fingerprint density at radius 2 is 2.14 bits per heavy atom. The average Bonchev–Trinajstić information content (AvgIpc) is 2.67. The van der Waals surface area contributed by atoms with E-state index >= 15 is 0 Å². The molecule has 0 spiro atoms. The fourth-order valence-electron chi connectivity index (χ4n) is 3.29. The minimum Gasteiger partial charge on any atom is -0.328 e. The SMILES string of the molecule is CCCn1c(CC2=CC(N)CCCC2)nc2ccccc21. The molecule has 0 amide bonds. The van der Waals surface area contributed by atoms with E-state index in [1.807, 2.05) is 0 Å². The predicted molar refractivity (Wildman–Crippen MR) is 88.3 cm³/mol. The first-order valence-electron chi connectivity index (χ1n) is 8.17. The lowest BCUT2D eigenvalue weighted by atomic mass is 10.1. The molecule has 0 aliphatic heterocycles. The number of para-hydroxylation sites is 2. The Morgan fingerprint density at radius 1 is 1.29 bits per heavy atom. The number of allylic oxidation sites excluding steroid dienone is 1. The van der Waals surface area contributed by atoms with Gasteiger partial charge in [-0.3, -0.25) is 0 Å². The van der Waals surface area contributed by atoms with Gasteiger partial charge in [0.25, 0.3) is 0 Å². The number of hydrogen-bond donors (Lipinski definition) is 1. The Kier molecular flexibility index (Phi) is 4.39. The van der Waals surface area contributed by atoms with Crippen LogP contribution in [0.5, 0.6) is 0 Å². The van der Waals surface area contributed by atoms with Crippen LogP contribution in [0.4, 0.5) is 0 Å². The van der Waals surface area contributed by atoms with Crippen LogP contribution in [0.3, 0.4) is 0 Å². The summed E-state index contributed by atoms with van der Waals surface area (Å²) in [6.45, 7) is 3.26. The quantitative estimate of drug-likeness (QED) is 0.867. The van der Waals surface area contributed by atoms with Gasteiger partial charge < -0.3 is 10.3 Å². The number of hydrogen-bond acceptors (Lipinski definition) is 2. The van der Waals surface area contributed by atoms with E-state index in [1.54, 1.807) is 0 Å². The molecular weight excluding hydrogens is 258 g/mol.